The van der Waals surface area contributed by atoms with Gasteiger partial charge >= 0.3 is 0 Å². The Hall–Kier alpha value is -2.63. The van der Waals surface area contributed by atoms with Crippen LogP contribution in [0.2, 0.25) is 0 Å². The molecule has 5 heteroatoms. The summed E-state index contributed by atoms with van der Waals surface area (Å²) in [4.78, 5) is 15.1. The molecule has 0 bridgehead atoms. The number of phenolic OH excluding ortho intramolecular Hbond substituents is 1. The van der Waals surface area contributed by atoms with E-state index in [9.17, 15) is 9.90 Å². The maximum atomic E-state index is 12.2. The van der Waals surface area contributed by atoms with Crippen molar-refractivity contribution in [2.75, 3.05) is 0 Å². The minimum absolute atomic E-state index is 0.00935. The predicted molar refractivity (Wildman–Crippen MR) is 104 cm³/mol. The zero-order chi connectivity index (χ0) is 17.6. The summed E-state index contributed by atoms with van der Waals surface area (Å²) < 4.78 is 0.670. The smallest absolute Gasteiger partial charge is 0.266 e. The molecule has 4 nitrogen and oxygen atoms in total. The van der Waals surface area contributed by atoms with Gasteiger partial charge < -0.3 is 15.8 Å². The maximum Gasteiger partial charge on any atom is 0.266 e. The number of fused-ring (bicyclic) bond motifs is 3. The van der Waals surface area contributed by atoms with Crippen LogP contribution >= 0.6 is 11.3 Å². The van der Waals surface area contributed by atoms with Crippen molar-refractivity contribution in [1.29, 1.82) is 0 Å². The number of phenols is 1. The van der Waals surface area contributed by atoms with Crippen molar-refractivity contribution in [2.24, 2.45) is 5.73 Å². The predicted octanol–water partition coefficient (Wildman–Crippen LogP) is 4.53. The van der Waals surface area contributed by atoms with Crippen LogP contribution < -0.4 is 11.3 Å². The summed E-state index contributed by atoms with van der Waals surface area (Å²) >= 11 is 1.41. The first-order chi connectivity index (χ1) is 12.1. The first-order valence-electron chi connectivity index (χ1n) is 8.21. The first-order valence-corrected chi connectivity index (χ1v) is 9.09. The summed E-state index contributed by atoms with van der Waals surface area (Å²) in [6, 6.07) is 13.3. The fourth-order valence-electron chi connectivity index (χ4n) is 3.26. The third kappa shape index (κ3) is 2.52. The Labute approximate surface area is 148 Å². The van der Waals surface area contributed by atoms with Crippen LogP contribution in [0, 0.1) is 0 Å². The van der Waals surface area contributed by atoms with Crippen LogP contribution in [0.3, 0.4) is 0 Å². The van der Waals surface area contributed by atoms with Crippen LogP contribution in [-0.2, 0) is 0 Å². The van der Waals surface area contributed by atoms with Crippen molar-refractivity contribution in [3.05, 3.63) is 63.8 Å². The van der Waals surface area contributed by atoms with Gasteiger partial charge in [0.1, 0.15) is 10.4 Å². The molecule has 126 valence electrons. The molecule has 1 atom stereocenters. The van der Waals surface area contributed by atoms with Crippen molar-refractivity contribution in [3.63, 3.8) is 0 Å². The van der Waals surface area contributed by atoms with E-state index in [1.807, 2.05) is 35.7 Å². The number of nitrogens with one attached hydrogen (secondary N) is 1. The van der Waals surface area contributed by atoms with E-state index in [2.05, 4.69) is 11.9 Å². The molecule has 0 saturated carbocycles. The number of rotatable bonds is 3. The Morgan fingerprint density at radius 1 is 1.16 bits per heavy atom. The number of aromatic hydroxyl groups is 1. The zero-order valence-electron chi connectivity index (χ0n) is 13.7. The summed E-state index contributed by atoms with van der Waals surface area (Å²) in [7, 11) is 0. The topological polar surface area (TPSA) is 79.1 Å². The van der Waals surface area contributed by atoms with Gasteiger partial charge in [-0.3, -0.25) is 4.79 Å². The summed E-state index contributed by atoms with van der Waals surface area (Å²) in [5.74, 6) is 0.194. The number of nitrogens with two attached hydrogens (primary N) is 1. The van der Waals surface area contributed by atoms with Crippen LogP contribution in [0.1, 0.15) is 24.9 Å². The molecule has 4 rings (SSSR count). The van der Waals surface area contributed by atoms with Crippen molar-refractivity contribution in [1.82, 2.24) is 4.98 Å². The number of hydrogen-bond acceptors (Lipinski definition) is 4. The summed E-state index contributed by atoms with van der Waals surface area (Å²) in [5, 5.41) is 14.2. The average molecular weight is 350 g/mol. The van der Waals surface area contributed by atoms with E-state index < -0.39 is 0 Å². The molecule has 0 amide bonds. The molecular formula is C20H18N2O2S. The number of benzene rings is 2. The number of aromatic amines is 1. The van der Waals surface area contributed by atoms with Crippen molar-refractivity contribution >= 4 is 32.3 Å². The van der Waals surface area contributed by atoms with Gasteiger partial charge in [-0.1, -0.05) is 31.2 Å². The minimum atomic E-state index is -0.0987. The molecule has 4 N–H and O–H groups in total. The van der Waals surface area contributed by atoms with E-state index in [0.29, 0.717) is 4.70 Å². The molecule has 2 heterocycles. The van der Waals surface area contributed by atoms with E-state index >= 15 is 0 Å². The number of aromatic nitrogens is 1. The molecule has 2 aromatic heterocycles. The minimum Gasteiger partial charge on any atom is -0.507 e. The normalized spacial score (nSPS) is 12.7. The largest absolute Gasteiger partial charge is 0.507 e. The SMILES string of the molecule is CC[C@H](N)c1ccc(-c2c(O)ccc3[nH]c(=O)c4sccc4c23)cc1. The highest BCUT2D eigenvalue weighted by molar-refractivity contribution is 7.17. The van der Waals surface area contributed by atoms with Gasteiger partial charge in [0, 0.05) is 27.9 Å². The second-order valence-corrected chi connectivity index (χ2v) is 7.05. The monoisotopic (exact) mass is 350 g/mol. The number of pyridine rings is 1. The first kappa shape index (κ1) is 15.9. The van der Waals surface area contributed by atoms with Crippen molar-refractivity contribution < 1.29 is 5.11 Å². The third-order valence-corrected chi connectivity index (χ3v) is 5.55. The highest BCUT2D eigenvalue weighted by Crippen LogP contribution is 2.39. The van der Waals surface area contributed by atoms with E-state index in [0.717, 1.165) is 39.4 Å². The lowest BCUT2D eigenvalue weighted by atomic mass is 9.95. The van der Waals surface area contributed by atoms with Gasteiger partial charge in [-0.2, -0.15) is 0 Å². The lowest BCUT2D eigenvalue weighted by Crippen LogP contribution is -2.08. The van der Waals surface area contributed by atoms with Crippen LogP contribution in [0.5, 0.6) is 5.75 Å². The molecule has 25 heavy (non-hydrogen) atoms. The zero-order valence-corrected chi connectivity index (χ0v) is 14.6. The Bertz CT molecular complexity index is 1130. The van der Waals surface area contributed by atoms with Gasteiger partial charge in [0.05, 0.1) is 0 Å². The molecule has 0 saturated heterocycles. The van der Waals surface area contributed by atoms with Gasteiger partial charge in [0.25, 0.3) is 5.56 Å². The van der Waals surface area contributed by atoms with Crippen molar-refractivity contribution in [3.8, 4) is 16.9 Å². The molecular weight excluding hydrogens is 332 g/mol. The van der Waals surface area contributed by atoms with Gasteiger partial charge in [0.2, 0.25) is 0 Å². The van der Waals surface area contributed by atoms with E-state index in [1.54, 1.807) is 12.1 Å². The van der Waals surface area contributed by atoms with E-state index in [4.69, 9.17) is 5.73 Å². The average Bonchev–Trinajstić information content (AvgIpc) is 3.12. The van der Waals surface area contributed by atoms with Gasteiger partial charge in [0.15, 0.2) is 0 Å². The highest BCUT2D eigenvalue weighted by Gasteiger charge is 2.15. The van der Waals surface area contributed by atoms with Gasteiger partial charge in [-0.25, -0.2) is 0 Å². The molecule has 2 aromatic carbocycles. The third-order valence-electron chi connectivity index (χ3n) is 4.64. The Balaban J connectivity index is 2.02. The highest BCUT2D eigenvalue weighted by atomic mass is 32.1. The summed E-state index contributed by atoms with van der Waals surface area (Å²) in [6.07, 6.45) is 0.871. The molecule has 0 aliphatic rings. The molecule has 4 aromatic rings. The van der Waals surface area contributed by atoms with Crippen LogP contribution in [0.15, 0.2) is 52.6 Å². The molecule has 0 radical (unpaired) electrons. The molecule has 0 aliphatic carbocycles. The Morgan fingerprint density at radius 3 is 2.64 bits per heavy atom. The summed E-state index contributed by atoms with van der Waals surface area (Å²) in [5.41, 5.74) is 9.41. The lowest BCUT2D eigenvalue weighted by molar-refractivity contribution is 0.478. The quantitative estimate of drug-likeness (QED) is 0.508. The second kappa shape index (κ2) is 6.02. The fraction of sp³-hybridized carbons (Fsp3) is 0.150. The molecule has 0 fully saturated rings. The van der Waals surface area contributed by atoms with E-state index in [1.165, 1.54) is 11.3 Å². The molecule has 0 aliphatic heterocycles. The lowest BCUT2D eigenvalue weighted by Gasteiger charge is -2.13. The Morgan fingerprint density at radius 2 is 1.92 bits per heavy atom. The van der Waals surface area contributed by atoms with Gasteiger partial charge in [-0.05, 0) is 41.1 Å². The van der Waals surface area contributed by atoms with Gasteiger partial charge in [-0.15, -0.1) is 11.3 Å². The molecule has 0 unspecified atom stereocenters. The maximum absolute atomic E-state index is 12.2. The standard InChI is InChI=1S/C20H18N2O2S/c1-2-14(21)11-3-5-12(6-4-11)17-16(23)8-7-15-18(17)13-9-10-25-19(13)20(24)22-15/h3-10,14,23H,2,21H2,1H3,(H,22,24)/t14-/m0/s1. The van der Waals surface area contributed by atoms with E-state index in [-0.39, 0.29) is 17.4 Å². The van der Waals surface area contributed by atoms with Crippen LogP contribution in [-0.4, -0.2) is 10.1 Å². The number of H-pyrrole nitrogens is 1. The van der Waals surface area contributed by atoms with Crippen LogP contribution in [0.4, 0.5) is 0 Å². The fourth-order valence-corrected chi connectivity index (χ4v) is 4.06. The summed E-state index contributed by atoms with van der Waals surface area (Å²) in [6.45, 7) is 2.05. The van der Waals surface area contributed by atoms with Crippen molar-refractivity contribution in [2.45, 2.75) is 19.4 Å². The Kier molecular flexibility index (Phi) is 3.82. The molecule has 0 spiro atoms. The second-order valence-electron chi connectivity index (χ2n) is 6.14. The number of hydrogen-bond donors (Lipinski definition) is 3. The van der Waals surface area contributed by atoms with Crippen LogP contribution in [0.25, 0.3) is 32.1 Å². The number of thiophene rings is 1.